The minimum Gasteiger partial charge on any atom is -0.485 e. The van der Waals surface area contributed by atoms with Crippen LogP contribution in [0.2, 0.25) is 0 Å². The first-order chi connectivity index (χ1) is 17.5. The topological polar surface area (TPSA) is 97.4 Å². The van der Waals surface area contributed by atoms with Gasteiger partial charge in [0.15, 0.2) is 19.0 Å². The van der Waals surface area contributed by atoms with Crippen molar-refractivity contribution >= 4 is 23.3 Å². The van der Waals surface area contributed by atoms with Gasteiger partial charge in [0, 0.05) is 31.7 Å². The standard InChI is InChI=1S/C27H33N3O6/c1-3-20-5-4-6-22(15-20)35-17-24(31)21-7-8-25-23(16-21)30(26(32)18-36-25)19(2)27(33)28-9-10-29-11-13-34-14-12-29/h4-8,15-16,19H,3,9-14,17-18H2,1-2H3,(H,28,33)/t19-/m1/s1. The highest BCUT2D eigenvalue weighted by Gasteiger charge is 2.33. The summed E-state index contributed by atoms with van der Waals surface area (Å²) < 4.78 is 16.6. The summed E-state index contributed by atoms with van der Waals surface area (Å²) in [6.45, 7) is 7.69. The van der Waals surface area contributed by atoms with E-state index >= 15 is 0 Å². The number of fused-ring (bicyclic) bond motifs is 1. The maximum Gasteiger partial charge on any atom is 0.265 e. The van der Waals surface area contributed by atoms with Gasteiger partial charge in [-0.15, -0.1) is 0 Å². The maximum absolute atomic E-state index is 12.9. The van der Waals surface area contributed by atoms with Gasteiger partial charge in [-0.1, -0.05) is 19.1 Å². The van der Waals surface area contributed by atoms with Gasteiger partial charge in [0.2, 0.25) is 5.91 Å². The molecular weight excluding hydrogens is 462 g/mol. The molecule has 2 aromatic rings. The lowest BCUT2D eigenvalue weighted by atomic mass is 10.1. The third kappa shape index (κ3) is 6.22. The zero-order valence-electron chi connectivity index (χ0n) is 20.8. The number of morpholine rings is 1. The first-order valence-electron chi connectivity index (χ1n) is 12.4. The molecule has 0 aliphatic carbocycles. The van der Waals surface area contributed by atoms with Crippen molar-refractivity contribution in [3.63, 3.8) is 0 Å². The maximum atomic E-state index is 12.9. The number of hydrogen-bond donors (Lipinski definition) is 1. The number of ether oxygens (including phenoxy) is 3. The molecule has 0 unspecified atom stereocenters. The van der Waals surface area contributed by atoms with Gasteiger partial charge < -0.3 is 19.5 Å². The number of carbonyl (C=O) groups is 3. The van der Waals surface area contributed by atoms with Crippen LogP contribution in [0.25, 0.3) is 0 Å². The van der Waals surface area contributed by atoms with Crippen LogP contribution >= 0.6 is 0 Å². The molecule has 0 radical (unpaired) electrons. The molecule has 0 saturated carbocycles. The summed E-state index contributed by atoms with van der Waals surface area (Å²) in [5, 5.41) is 2.92. The molecule has 4 rings (SSSR count). The molecule has 2 aliphatic rings. The summed E-state index contributed by atoms with van der Waals surface area (Å²) in [7, 11) is 0. The highest BCUT2D eigenvalue weighted by atomic mass is 16.5. The number of nitrogens with zero attached hydrogens (tertiary/aromatic N) is 2. The van der Waals surface area contributed by atoms with Gasteiger partial charge in [-0.05, 0) is 49.2 Å². The average molecular weight is 496 g/mol. The summed E-state index contributed by atoms with van der Waals surface area (Å²) in [5.74, 6) is 0.245. The van der Waals surface area contributed by atoms with Gasteiger partial charge >= 0.3 is 0 Å². The molecule has 2 heterocycles. The van der Waals surface area contributed by atoms with Gasteiger partial charge in [0.25, 0.3) is 5.91 Å². The Kier molecular flexibility index (Phi) is 8.56. The Hall–Kier alpha value is -3.43. The number of amides is 2. The van der Waals surface area contributed by atoms with Gasteiger partial charge in [0.1, 0.15) is 17.5 Å². The lowest BCUT2D eigenvalue weighted by Gasteiger charge is -2.34. The number of Topliss-reactive ketones (excluding diaryl/α,β-unsaturated/α-hetero) is 1. The molecular formula is C27H33N3O6. The van der Waals surface area contributed by atoms with Crippen LogP contribution in [0.15, 0.2) is 42.5 Å². The van der Waals surface area contributed by atoms with Crippen molar-refractivity contribution in [3.8, 4) is 11.5 Å². The predicted octanol–water partition coefficient (Wildman–Crippen LogP) is 2.07. The van der Waals surface area contributed by atoms with E-state index < -0.39 is 6.04 Å². The molecule has 1 atom stereocenters. The molecule has 1 fully saturated rings. The van der Waals surface area contributed by atoms with E-state index in [0.717, 1.165) is 31.6 Å². The van der Waals surface area contributed by atoms with Crippen LogP contribution in [0.3, 0.4) is 0 Å². The van der Waals surface area contributed by atoms with Crippen molar-refractivity contribution in [2.45, 2.75) is 26.3 Å². The summed E-state index contributed by atoms with van der Waals surface area (Å²) in [6, 6.07) is 11.8. The monoisotopic (exact) mass is 495 g/mol. The first kappa shape index (κ1) is 25.7. The Morgan fingerprint density at radius 1 is 1.14 bits per heavy atom. The van der Waals surface area contributed by atoms with E-state index in [-0.39, 0.29) is 30.8 Å². The summed E-state index contributed by atoms with van der Waals surface area (Å²) in [4.78, 5) is 42.2. The second kappa shape index (κ2) is 12.0. The Bertz CT molecular complexity index is 1100. The number of carbonyl (C=O) groups excluding carboxylic acids is 3. The third-order valence-electron chi connectivity index (χ3n) is 6.43. The minimum absolute atomic E-state index is 0.141. The van der Waals surface area contributed by atoms with Crippen LogP contribution in [0.4, 0.5) is 5.69 Å². The first-order valence-corrected chi connectivity index (χ1v) is 12.4. The van der Waals surface area contributed by atoms with Crippen molar-refractivity contribution in [2.24, 2.45) is 0 Å². The second-order valence-electron chi connectivity index (χ2n) is 8.87. The summed E-state index contributed by atoms with van der Waals surface area (Å²) in [5.41, 5.74) is 1.90. The zero-order chi connectivity index (χ0) is 25.5. The molecule has 9 heteroatoms. The Morgan fingerprint density at radius 2 is 1.94 bits per heavy atom. The van der Waals surface area contributed by atoms with Crippen LogP contribution in [0.1, 0.15) is 29.8 Å². The second-order valence-corrected chi connectivity index (χ2v) is 8.87. The summed E-state index contributed by atoms with van der Waals surface area (Å²) >= 11 is 0. The van der Waals surface area contributed by atoms with Crippen LogP contribution < -0.4 is 19.7 Å². The number of anilines is 1. The van der Waals surface area contributed by atoms with Crippen molar-refractivity contribution in [1.29, 1.82) is 0 Å². The Labute approximate surface area is 211 Å². The van der Waals surface area contributed by atoms with E-state index in [1.54, 1.807) is 25.1 Å². The minimum atomic E-state index is -0.761. The van der Waals surface area contributed by atoms with Gasteiger partial charge in [0.05, 0.1) is 18.9 Å². The lowest BCUT2D eigenvalue weighted by Crippen LogP contribution is -2.52. The van der Waals surface area contributed by atoms with E-state index in [1.807, 2.05) is 24.3 Å². The number of rotatable bonds is 10. The Balaban J connectivity index is 1.41. The van der Waals surface area contributed by atoms with Crippen molar-refractivity contribution in [3.05, 3.63) is 53.6 Å². The van der Waals surface area contributed by atoms with E-state index in [4.69, 9.17) is 14.2 Å². The number of benzene rings is 2. The molecule has 1 N–H and O–H groups in total. The molecule has 2 amide bonds. The fourth-order valence-electron chi connectivity index (χ4n) is 4.28. The van der Waals surface area contributed by atoms with Crippen molar-refractivity contribution < 1.29 is 28.6 Å². The van der Waals surface area contributed by atoms with Gasteiger partial charge in [-0.3, -0.25) is 24.2 Å². The predicted molar refractivity (Wildman–Crippen MR) is 135 cm³/mol. The fraction of sp³-hybridized carbons (Fsp3) is 0.444. The SMILES string of the molecule is CCc1cccc(OCC(=O)c2ccc3c(c2)N([C@H](C)C(=O)NCCN2CCOCC2)C(=O)CO3)c1. The number of hydrogen-bond acceptors (Lipinski definition) is 7. The molecule has 2 aliphatic heterocycles. The molecule has 0 aromatic heterocycles. The Morgan fingerprint density at radius 3 is 2.72 bits per heavy atom. The lowest BCUT2D eigenvalue weighted by molar-refractivity contribution is -0.127. The van der Waals surface area contributed by atoms with Crippen molar-refractivity contribution in [2.75, 3.05) is 57.5 Å². The highest BCUT2D eigenvalue weighted by molar-refractivity contribution is 6.05. The van der Waals surface area contributed by atoms with E-state index in [9.17, 15) is 14.4 Å². The van der Waals surface area contributed by atoms with E-state index in [1.165, 1.54) is 4.90 Å². The van der Waals surface area contributed by atoms with E-state index in [0.29, 0.717) is 42.5 Å². The van der Waals surface area contributed by atoms with Gasteiger partial charge in [-0.2, -0.15) is 0 Å². The van der Waals surface area contributed by atoms with Crippen molar-refractivity contribution in [1.82, 2.24) is 10.2 Å². The van der Waals surface area contributed by atoms with E-state index in [2.05, 4.69) is 17.1 Å². The normalized spacial score (nSPS) is 16.6. The molecule has 36 heavy (non-hydrogen) atoms. The molecule has 2 aromatic carbocycles. The molecule has 192 valence electrons. The average Bonchev–Trinajstić information content (AvgIpc) is 2.91. The zero-order valence-corrected chi connectivity index (χ0v) is 20.8. The smallest absolute Gasteiger partial charge is 0.265 e. The number of aryl methyl sites for hydroxylation is 1. The number of nitrogens with one attached hydrogen (secondary N) is 1. The van der Waals surface area contributed by atoms with Crippen LogP contribution in [-0.2, 0) is 20.7 Å². The molecule has 9 nitrogen and oxygen atoms in total. The molecule has 0 spiro atoms. The number of ketones is 1. The van der Waals surface area contributed by atoms with Crippen LogP contribution in [0, 0.1) is 0 Å². The van der Waals surface area contributed by atoms with Crippen LogP contribution in [0.5, 0.6) is 11.5 Å². The summed E-state index contributed by atoms with van der Waals surface area (Å²) in [6.07, 6.45) is 0.874. The highest BCUT2D eigenvalue weighted by Crippen LogP contribution is 2.34. The molecule has 0 bridgehead atoms. The molecule has 1 saturated heterocycles. The van der Waals surface area contributed by atoms with Gasteiger partial charge in [-0.25, -0.2) is 0 Å². The quantitative estimate of drug-likeness (QED) is 0.504. The van der Waals surface area contributed by atoms with Crippen LogP contribution in [-0.4, -0.2) is 81.1 Å². The largest absolute Gasteiger partial charge is 0.485 e. The third-order valence-corrected chi connectivity index (χ3v) is 6.43. The fourth-order valence-corrected chi connectivity index (χ4v) is 4.28.